The van der Waals surface area contributed by atoms with Crippen LogP contribution in [0.25, 0.3) is 16.9 Å². The van der Waals surface area contributed by atoms with Gasteiger partial charge in [0.25, 0.3) is 0 Å². The largest absolute Gasteiger partial charge is 0.384 e. The summed E-state index contributed by atoms with van der Waals surface area (Å²) in [6.45, 7) is 0.629. The Morgan fingerprint density at radius 3 is 2.71 bits per heavy atom. The lowest BCUT2D eigenvalue weighted by Gasteiger charge is -2.07. The Hall–Kier alpha value is -3.28. The number of aliphatic imine (C=N–C) groups is 1. The van der Waals surface area contributed by atoms with Crippen molar-refractivity contribution >= 4 is 17.6 Å². The van der Waals surface area contributed by atoms with Gasteiger partial charge in [-0.3, -0.25) is 9.79 Å². The molecule has 3 aromatic rings. The van der Waals surface area contributed by atoms with Crippen molar-refractivity contribution in [2.24, 2.45) is 4.99 Å². The van der Waals surface area contributed by atoms with Crippen molar-refractivity contribution < 1.29 is 9.18 Å². The average Bonchev–Trinajstić information content (AvgIpc) is 3.05. The minimum Gasteiger partial charge on any atom is -0.384 e. The monoisotopic (exact) mass is 320 g/mol. The summed E-state index contributed by atoms with van der Waals surface area (Å²) >= 11 is 0. The minimum atomic E-state index is -0.317. The smallest absolute Gasteiger partial charge is 0.212 e. The van der Waals surface area contributed by atoms with E-state index in [4.69, 9.17) is 0 Å². The molecule has 1 aliphatic rings. The maximum Gasteiger partial charge on any atom is 0.212 e. The molecule has 0 radical (unpaired) electrons. The third-order valence-electron chi connectivity index (χ3n) is 3.77. The molecule has 4 rings (SSSR count). The molecular formula is C18H13FN4O. The van der Waals surface area contributed by atoms with Crippen LogP contribution in [0.5, 0.6) is 0 Å². The van der Waals surface area contributed by atoms with Crippen LogP contribution >= 0.6 is 0 Å². The first-order valence-electron chi connectivity index (χ1n) is 7.46. The molecule has 0 atom stereocenters. The Kier molecular flexibility index (Phi) is 3.42. The van der Waals surface area contributed by atoms with Gasteiger partial charge in [0.2, 0.25) is 5.78 Å². The van der Waals surface area contributed by atoms with Crippen LogP contribution in [-0.2, 0) is 0 Å². The lowest BCUT2D eigenvalue weighted by molar-refractivity contribution is 0.103. The average molecular weight is 320 g/mol. The molecule has 3 heterocycles. The number of halogens is 1. The fourth-order valence-corrected chi connectivity index (χ4v) is 2.56. The number of allylic oxidation sites excluding steroid dienone is 1. The van der Waals surface area contributed by atoms with Crippen LogP contribution in [0.2, 0.25) is 0 Å². The quantitative estimate of drug-likeness (QED) is 0.755. The van der Waals surface area contributed by atoms with E-state index in [1.807, 2.05) is 12.1 Å². The predicted octanol–water partition coefficient (Wildman–Crippen LogP) is 2.84. The van der Waals surface area contributed by atoms with Crippen LogP contribution in [0.3, 0.4) is 0 Å². The number of nitrogens with zero attached hydrogens (tertiary/aromatic N) is 3. The van der Waals surface area contributed by atoms with Gasteiger partial charge in [-0.05, 0) is 12.1 Å². The van der Waals surface area contributed by atoms with E-state index in [1.54, 1.807) is 41.2 Å². The summed E-state index contributed by atoms with van der Waals surface area (Å²) in [5.74, 6) is -0.454. The number of carbonyl (C=O) groups is 1. The first-order valence-corrected chi connectivity index (χ1v) is 7.46. The van der Waals surface area contributed by atoms with Gasteiger partial charge in [-0.2, -0.15) is 0 Å². The fourth-order valence-electron chi connectivity index (χ4n) is 2.56. The second-order valence-corrected chi connectivity index (χ2v) is 5.39. The molecule has 0 amide bonds. The van der Waals surface area contributed by atoms with Crippen LogP contribution in [0.4, 0.5) is 4.39 Å². The summed E-state index contributed by atoms with van der Waals surface area (Å²) in [4.78, 5) is 20.9. The van der Waals surface area contributed by atoms with Gasteiger partial charge >= 0.3 is 0 Å². The van der Waals surface area contributed by atoms with Crippen molar-refractivity contribution in [3.05, 3.63) is 72.1 Å². The molecular weight excluding hydrogens is 307 g/mol. The van der Waals surface area contributed by atoms with E-state index in [-0.39, 0.29) is 11.6 Å². The summed E-state index contributed by atoms with van der Waals surface area (Å²) in [5, 5.41) is 2.97. The van der Waals surface area contributed by atoms with Gasteiger partial charge in [0.15, 0.2) is 0 Å². The molecule has 0 bridgehead atoms. The number of benzene rings is 1. The highest BCUT2D eigenvalue weighted by Gasteiger charge is 2.13. The second-order valence-electron chi connectivity index (χ2n) is 5.39. The molecule has 0 fully saturated rings. The van der Waals surface area contributed by atoms with E-state index in [2.05, 4.69) is 15.3 Å². The number of hydrogen-bond acceptors (Lipinski definition) is 4. The van der Waals surface area contributed by atoms with Gasteiger partial charge in [-0.25, -0.2) is 9.37 Å². The Morgan fingerprint density at radius 2 is 1.96 bits per heavy atom. The van der Waals surface area contributed by atoms with E-state index >= 15 is 0 Å². The fraction of sp³-hybridized carbons (Fsp3) is 0.0556. The number of hydrogen-bond donors (Lipinski definition) is 1. The molecule has 0 saturated heterocycles. The predicted molar refractivity (Wildman–Crippen MR) is 89.5 cm³/mol. The maximum atomic E-state index is 13.3. The SMILES string of the molecule is O=C(C1=CNCC=N1)c1ccc(-c2cn3cc(F)ccc3n2)cc1. The van der Waals surface area contributed by atoms with Gasteiger partial charge < -0.3 is 9.72 Å². The van der Waals surface area contributed by atoms with E-state index < -0.39 is 0 Å². The molecule has 0 aliphatic carbocycles. The summed E-state index contributed by atoms with van der Waals surface area (Å²) < 4.78 is 14.9. The van der Waals surface area contributed by atoms with Crippen molar-refractivity contribution in [1.29, 1.82) is 0 Å². The summed E-state index contributed by atoms with van der Waals surface area (Å²) in [6.07, 6.45) is 6.42. The topological polar surface area (TPSA) is 58.8 Å². The lowest BCUT2D eigenvalue weighted by atomic mass is 10.0. The molecule has 0 saturated carbocycles. The molecule has 24 heavy (non-hydrogen) atoms. The molecule has 1 aromatic carbocycles. The van der Waals surface area contributed by atoms with Crippen molar-refractivity contribution in [3.8, 4) is 11.3 Å². The molecule has 1 N–H and O–H groups in total. The van der Waals surface area contributed by atoms with Crippen LogP contribution < -0.4 is 5.32 Å². The lowest BCUT2D eigenvalue weighted by Crippen LogP contribution is -2.17. The van der Waals surface area contributed by atoms with E-state index in [0.717, 1.165) is 11.3 Å². The highest BCUT2D eigenvalue weighted by Crippen LogP contribution is 2.21. The van der Waals surface area contributed by atoms with Gasteiger partial charge in [-0.1, -0.05) is 24.3 Å². The molecule has 6 heteroatoms. The summed E-state index contributed by atoms with van der Waals surface area (Å²) in [5.41, 5.74) is 3.18. The Balaban J connectivity index is 1.64. The number of carbonyl (C=O) groups excluding carboxylic acids is 1. The third kappa shape index (κ3) is 2.58. The van der Waals surface area contributed by atoms with Crippen molar-refractivity contribution in [1.82, 2.24) is 14.7 Å². The first kappa shape index (κ1) is 14.3. The van der Waals surface area contributed by atoms with Crippen molar-refractivity contribution in [3.63, 3.8) is 0 Å². The number of ketones is 1. The summed E-state index contributed by atoms with van der Waals surface area (Å²) in [7, 11) is 0. The molecule has 1 aliphatic heterocycles. The van der Waals surface area contributed by atoms with Gasteiger partial charge in [0, 0.05) is 42.5 Å². The number of imidazole rings is 1. The highest BCUT2D eigenvalue weighted by atomic mass is 19.1. The number of Topliss-reactive ketones (excluding diaryl/α,β-unsaturated/α-hetero) is 1. The number of rotatable bonds is 3. The molecule has 2 aromatic heterocycles. The van der Waals surface area contributed by atoms with Gasteiger partial charge in [-0.15, -0.1) is 0 Å². The van der Waals surface area contributed by atoms with E-state index in [1.165, 1.54) is 12.3 Å². The summed E-state index contributed by atoms with van der Waals surface area (Å²) in [6, 6.07) is 10.1. The third-order valence-corrected chi connectivity index (χ3v) is 3.77. The number of aromatic nitrogens is 2. The van der Waals surface area contributed by atoms with Gasteiger partial charge in [0.1, 0.15) is 17.2 Å². The van der Waals surface area contributed by atoms with Crippen molar-refractivity contribution in [2.45, 2.75) is 0 Å². The highest BCUT2D eigenvalue weighted by molar-refractivity contribution is 6.09. The minimum absolute atomic E-state index is 0.137. The molecule has 0 unspecified atom stereocenters. The van der Waals surface area contributed by atoms with E-state index in [9.17, 15) is 9.18 Å². The Morgan fingerprint density at radius 1 is 1.12 bits per heavy atom. The first-order chi connectivity index (χ1) is 11.7. The zero-order chi connectivity index (χ0) is 16.5. The number of nitrogens with one attached hydrogen (secondary N) is 1. The van der Waals surface area contributed by atoms with Crippen LogP contribution in [-0.4, -0.2) is 27.9 Å². The van der Waals surface area contributed by atoms with Crippen LogP contribution in [0, 0.1) is 5.82 Å². The second kappa shape index (κ2) is 5.73. The van der Waals surface area contributed by atoms with Crippen LogP contribution in [0.1, 0.15) is 10.4 Å². The zero-order valence-electron chi connectivity index (χ0n) is 12.6. The Labute approximate surface area is 137 Å². The van der Waals surface area contributed by atoms with Crippen LogP contribution in [0.15, 0.2) is 65.7 Å². The normalized spacial score (nSPS) is 13.6. The Bertz CT molecular complexity index is 986. The number of fused-ring (bicyclic) bond motifs is 1. The zero-order valence-corrected chi connectivity index (χ0v) is 12.6. The molecule has 5 nitrogen and oxygen atoms in total. The van der Waals surface area contributed by atoms with E-state index in [0.29, 0.717) is 23.5 Å². The molecule has 118 valence electrons. The standard InChI is InChI=1S/C18H13FN4O/c19-14-5-6-17-22-16(11-23(17)10-14)12-1-3-13(4-2-12)18(24)15-9-20-7-8-21-15/h1-6,8-11,20H,7H2. The number of pyridine rings is 1. The van der Waals surface area contributed by atoms with Gasteiger partial charge in [0.05, 0.1) is 5.69 Å². The maximum absolute atomic E-state index is 13.3. The van der Waals surface area contributed by atoms with Crippen molar-refractivity contribution in [2.75, 3.05) is 6.54 Å². The molecule has 0 spiro atoms.